The molecule has 0 aromatic rings. The Kier molecular flexibility index (Phi) is 5.56. The summed E-state index contributed by atoms with van der Waals surface area (Å²) < 4.78 is 0. The van der Waals surface area contributed by atoms with Gasteiger partial charge in [0.2, 0.25) is 0 Å². The Labute approximate surface area is 77.7 Å². The lowest BCUT2D eigenvalue weighted by atomic mass is 9.81. The zero-order valence-electron chi connectivity index (χ0n) is 9.30. The summed E-state index contributed by atoms with van der Waals surface area (Å²) in [6, 6.07) is 0. The molecule has 0 aliphatic rings. The molecule has 3 unspecified atom stereocenters. The van der Waals surface area contributed by atoms with Crippen LogP contribution in [-0.4, -0.2) is 6.54 Å². The van der Waals surface area contributed by atoms with Gasteiger partial charge in [-0.2, -0.15) is 0 Å². The van der Waals surface area contributed by atoms with Crippen molar-refractivity contribution in [2.75, 3.05) is 6.54 Å². The molecule has 1 nitrogen and oxygen atoms in total. The van der Waals surface area contributed by atoms with Crippen molar-refractivity contribution in [3.05, 3.63) is 0 Å². The second-order valence-corrected chi connectivity index (χ2v) is 4.68. The van der Waals surface area contributed by atoms with E-state index in [0.717, 1.165) is 24.3 Å². The van der Waals surface area contributed by atoms with Crippen molar-refractivity contribution in [2.24, 2.45) is 29.4 Å². The van der Waals surface area contributed by atoms with Crippen molar-refractivity contribution in [3.63, 3.8) is 0 Å². The maximum atomic E-state index is 5.64. The minimum absolute atomic E-state index is 0.666. The molecule has 0 heterocycles. The molecule has 0 aromatic heterocycles. The predicted octanol–water partition coefficient (Wildman–Crippen LogP) is 2.90. The van der Waals surface area contributed by atoms with Crippen LogP contribution in [0.2, 0.25) is 0 Å². The number of hydrogen-bond donors (Lipinski definition) is 1. The van der Waals surface area contributed by atoms with Gasteiger partial charge in [-0.25, -0.2) is 0 Å². The lowest BCUT2D eigenvalue weighted by Gasteiger charge is -2.26. The van der Waals surface area contributed by atoms with Crippen LogP contribution in [-0.2, 0) is 0 Å². The summed E-state index contributed by atoms with van der Waals surface area (Å²) in [6.07, 6.45) is 1.32. The van der Waals surface area contributed by atoms with Gasteiger partial charge in [0.15, 0.2) is 0 Å². The molecule has 3 atom stereocenters. The van der Waals surface area contributed by atoms with Gasteiger partial charge >= 0.3 is 0 Å². The van der Waals surface area contributed by atoms with E-state index in [-0.39, 0.29) is 0 Å². The second-order valence-electron chi connectivity index (χ2n) is 4.68. The summed E-state index contributed by atoms with van der Waals surface area (Å²) in [6.45, 7) is 12.3. The highest BCUT2D eigenvalue weighted by Crippen LogP contribution is 2.25. The molecule has 0 fully saturated rings. The van der Waals surface area contributed by atoms with E-state index in [1.54, 1.807) is 0 Å². The van der Waals surface area contributed by atoms with E-state index >= 15 is 0 Å². The quantitative estimate of drug-likeness (QED) is 0.676. The molecule has 0 rings (SSSR count). The molecule has 0 aliphatic heterocycles. The second kappa shape index (κ2) is 5.58. The molecule has 1 heteroatoms. The first-order valence-electron chi connectivity index (χ1n) is 5.19. The first-order valence-corrected chi connectivity index (χ1v) is 5.19. The zero-order chi connectivity index (χ0) is 9.72. The monoisotopic (exact) mass is 171 g/mol. The summed E-state index contributed by atoms with van der Waals surface area (Å²) >= 11 is 0. The predicted molar refractivity (Wildman–Crippen MR) is 56.0 cm³/mol. The molecule has 0 spiro atoms. The maximum Gasteiger partial charge on any atom is -0.00489 e. The maximum absolute atomic E-state index is 5.64. The third-order valence-electron chi connectivity index (χ3n) is 3.01. The number of nitrogens with two attached hydrogens (primary N) is 1. The van der Waals surface area contributed by atoms with Gasteiger partial charge in [0, 0.05) is 0 Å². The first kappa shape index (κ1) is 12.0. The van der Waals surface area contributed by atoms with E-state index in [1.807, 2.05) is 0 Å². The van der Waals surface area contributed by atoms with Crippen molar-refractivity contribution in [1.29, 1.82) is 0 Å². The van der Waals surface area contributed by atoms with Gasteiger partial charge in [-0.15, -0.1) is 0 Å². The fourth-order valence-electron chi connectivity index (χ4n) is 1.73. The highest BCUT2D eigenvalue weighted by Gasteiger charge is 2.18. The van der Waals surface area contributed by atoms with Crippen molar-refractivity contribution < 1.29 is 0 Å². The van der Waals surface area contributed by atoms with E-state index in [4.69, 9.17) is 5.73 Å². The van der Waals surface area contributed by atoms with Gasteiger partial charge in [0.05, 0.1) is 0 Å². The van der Waals surface area contributed by atoms with Gasteiger partial charge in [0.25, 0.3) is 0 Å². The van der Waals surface area contributed by atoms with Gasteiger partial charge in [0.1, 0.15) is 0 Å². The van der Waals surface area contributed by atoms with Crippen molar-refractivity contribution in [1.82, 2.24) is 0 Å². The van der Waals surface area contributed by atoms with Crippen LogP contribution in [0.4, 0.5) is 0 Å². The third-order valence-corrected chi connectivity index (χ3v) is 3.01. The lowest BCUT2D eigenvalue weighted by Crippen LogP contribution is -2.24. The average molecular weight is 171 g/mol. The van der Waals surface area contributed by atoms with Gasteiger partial charge in [-0.05, 0) is 36.6 Å². The Balaban J connectivity index is 3.83. The summed E-state index contributed by atoms with van der Waals surface area (Å²) in [5, 5.41) is 0. The summed E-state index contributed by atoms with van der Waals surface area (Å²) in [4.78, 5) is 0. The molecule has 74 valence electrons. The molecule has 0 saturated carbocycles. The molecular weight excluding hydrogens is 146 g/mol. The van der Waals surface area contributed by atoms with E-state index in [9.17, 15) is 0 Å². The van der Waals surface area contributed by atoms with Crippen LogP contribution in [0.5, 0.6) is 0 Å². The minimum atomic E-state index is 0.666. The molecule has 0 aromatic carbocycles. The zero-order valence-corrected chi connectivity index (χ0v) is 9.30. The fourth-order valence-corrected chi connectivity index (χ4v) is 1.73. The van der Waals surface area contributed by atoms with Crippen molar-refractivity contribution >= 4 is 0 Å². The fraction of sp³-hybridized carbons (Fsp3) is 1.00. The number of rotatable bonds is 5. The van der Waals surface area contributed by atoms with Crippen molar-refractivity contribution in [3.8, 4) is 0 Å². The summed E-state index contributed by atoms with van der Waals surface area (Å²) in [5.74, 6) is 3.05. The molecule has 0 saturated heterocycles. The van der Waals surface area contributed by atoms with Crippen LogP contribution in [0.25, 0.3) is 0 Å². The topological polar surface area (TPSA) is 26.0 Å². The molecule has 2 N–H and O–H groups in total. The van der Waals surface area contributed by atoms with Crippen LogP contribution in [0, 0.1) is 23.7 Å². The third kappa shape index (κ3) is 4.10. The van der Waals surface area contributed by atoms with Crippen LogP contribution in [0.15, 0.2) is 0 Å². The van der Waals surface area contributed by atoms with Crippen molar-refractivity contribution in [2.45, 2.75) is 41.0 Å². The first-order chi connectivity index (χ1) is 5.49. The Morgan fingerprint density at radius 1 is 0.917 bits per heavy atom. The Morgan fingerprint density at radius 3 is 1.75 bits per heavy atom. The lowest BCUT2D eigenvalue weighted by molar-refractivity contribution is 0.250. The molecule has 0 amide bonds. The van der Waals surface area contributed by atoms with E-state index in [0.29, 0.717) is 5.92 Å². The van der Waals surface area contributed by atoms with Crippen LogP contribution in [0.1, 0.15) is 41.0 Å². The highest BCUT2D eigenvalue weighted by molar-refractivity contribution is 4.69. The normalized spacial score (nSPS) is 19.2. The average Bonchev–Trinajstić information content (AvgIpc) is 2.00. The highest BCUT2D eigenvalue weighted by atomic mass is 14.5. The molecule has 0 radical (unpaired) electrons. The Bertz CT molecular complexity index is 110. The van der Waals surface area contributed by atoms with Crippen LogP contribution < -0.4 is 5.73 Å². The van der Waals surface area contributed by atoms with Crippen LogP contribution >= 0.6 is 0 Å². The Hall–Kier alpha value is -0.0400. The summed E-state index contributed by atoms with van der Waals surface area (Å²) in [7, 11) is 0. The number of hydrogen-bond acceptors (Lipinski definition) is 1. The standard InChI is InChI=1S/C11H25N/c1-8(2)6-9(3)11(5)10(4)7-12/h8-11H,6-7,12H2,1-5H3. The van der Waals surface area contributed by atoms with Crippen LogP contribution in [0.3, 0.4) is 0 Å². The van der Waals surface area contributed by atoms with Gasteiger partial charge in [-0.1, -0.05) is 34.6 Å². The summed E-state index contributed by atoms with van der Waals surface area (Å²) in [5.41, 5.74) is 5.64. The molecule has 0 aliphatic carbocycles. The smallest absolute Gasteiger partial charge is 0.00489 e. The van der Waals surface area contributed by atoms with Gasteiger partial charge in [-0.3, -0.25) is 0 Å². The molecule has 0 bridgehead atoms. The largest absolute Gasteiger partial charge is 0.330 e. The van der Waals surface area contributed by atoms with Gasteiger partial charge < -0.3 is 5.73 Å². The van der Waals surface area contributed by atoms with E-state index in [1.165, 1.54) is 6.42 Å². The Morgan fingerprint density at radius 2 is 1.42 bits per heavy atom. The van der Waals surface area contributed by atoms with E-state index < -0.39 is 0 Å². The molecular formula is C11H25N. The van der Waals surface area contributed by atoms with E-state index in [2.05, 4.69) is 34.6 Å². The minimum Gasteiger partial charge on any atom is -0.330 e. The SMILES string of the molecule is CC(C)CC(C)C(C)C(C)CN. The molecule has 12 heavy (non-hydrogen) atoms.